The maximum Gasteiger partial charge on any atom is 0.119 e. The highest BCUT2D eigenvalue weighted by atomic mass is 79.9. The van der Waals surface area contributed by atoms with Gasteiger partial charge in [0.1, 0.15) is 5.75 Å². The molecule has 0 radical (unpaired) electrons. The van der Waals surface area contributed by atoms with Crippen molar-refractivity contribution >= 4 is 43.5 Å². The van der Waals surface area contributed by atoms with E-state index in [0.29, 0.717) is 0 Å². The van der Waals surface area contributed by atoms with E-state index in [0.717, 1.165) is 32.2 Å². The summed E-state index contributed by atoms with van der Waals surface area (Å²) in [6.07, 6.45) is 0.758. The number of ether oxygens (including phenoxy) is 1. The van der Waals surface area contributed by atoms with Gasteiger partial charge in [-0.2, -0.15) is 0 Å². The molecule has 0 bridgehead atoms. The molecule has 0 aromatic heterocycles. The van der Waals surface area contributed by atoms with Gasteiger partial charge in [-0.05, 0) is 47.9 Å². The molecule has 19 heavy (non-hydrogen) atoms. The molecule has 1 nitrogen and oxygen atoms in total. The third-order valence-electron chi connectivity index (χ3n) is 2.84. The summed E-state index contributed by atoms with van der Waals surface area (Å²) in [5, 5.41) is -0.0843. The smallest absolute Gasteiger partial charge is 0.119 e. The summed E-state index contributed by atoms with van der Waals surface area (Å²) in [6.45, 7) is 0. The number of benzene rings is 2. The van der Waals surface area contributed by atoms with E-state index >= 15 is 0 Å². The molecule has 0 spiro atoms. The van der Waals surface area contributed by atoms with E-state index in [1.54, 1.807) is 7.11 Å². The van der Waals surface area contributed by atoms with Crippen molar-refractivity contribution in [1.82, 2.24) is 0 Å². The molecule has 0 heterocycles. The molecular formula is C15H13Br2ClO. The van der Waals surface area contributed by atoms with Crippen LogP contribution in [-0.2, 0) is 6.42 Å². The van der Waals surface area contributed by atoms with Crippen LogP contribution in [0.15, 0.2) is 51.4 Å². The third-order valence-corrected chi connectivity index (χ3v) is 4.45. The third kappa shape index (κ3) is 3.98. The van der Waals surface area contributed by atoms with Crippen molar-refractivity contribution in [3.05, 3.63) is 62.5 Å². The zero-order valence-corrected chi connectivity index (χ0v) is 14.3. The summed E-state index contributed by atoms with van der Waals surface area (Å²) in [4.78, 5) is 0. The predicted molar refractivity (Wildman–Crippen MR) is 87.1 cm³/mol. The van der Waals surface area contributed by atoms with E-state index in [1.165, 1.54) is 0 Å². The van der Waals surface area contributed by atoms with E-state index in [1.807, 2.05) is 36.4 Å². The van der Waals surface area contributed by atoms with Crippen molar-refractivity contribution in [2.75, 3.05) is 7.11 Å². The zero-order chi connectivity index (χ0) is 13.8. The van der Waals surface area contributed by atoms with Crippen LogP contribution in [0.1, 0.15) is 16.5 Å². The van der Waals surface area contributed by atoms with Gasteiger partial charge in [-0.25, -0.2) is 0 Å². The minimum absolute atomic E-state index is 0.0843. The Labute approximate surface area is 135 Å². The minimum Gasteiger partial charge on any atom is -0.497 e. The molecule has 0 aliphatic heterocycles. The molecule has 0 N–H and O–H groups in total. The summed E-state index contributed by atoms with van der Waals surface area (Å²) in [7, 11) is 1.67. The lowest BCUT2D eigenvalue weighted by Gasteiger charge is -2.13. The maximum atomic E-state index is 6.52. The van der Waals surface area contributed by atoms with Gasteiger partial charge >= 0.3 is 0 Å². The number of alkyl halides is 1. The lowest BCUT2D eigenvalue weighted by atomic mass is 10.0. The van der Waals surface area contributed by atoms with Crippen molar-refractivity contribution < 1.29 is 4.74 Å². The molecule has 4 heteroatoms. The Bertz CT molecular complexity index is 572. The molecule has 1 atom stereocenters. The van der Waals surface area contributed by atoms with Crippen LogP contribution < -0.4 is 4.74 Å². The first-order chi connectivity index (χ1) is 9.10. The van der Waals surface area contributed by atoms with Gasteiger partial charge in [0.25, 0.3) is 0 Å². The maximum absolute atomic E-state index is 6.52. The van der Waals surface area contributed by atoms with Crippen molar-refractivity contribution in [2.24, 2.45) is 0 Å². The minimum atomic E-state index is -0.0843. The van der Waals surface area contributed by atoms with Crippen molar-refractivity contribution in [3.8, 4) is 5.75 Å². The molecule has 0 amide bonds. The topological polar surface area (TPSA) is 9.23 Å². The van der Waals surface area contributed by atoms with Gasteiger partial charge in [0.15, 0.2) is 0 Å². The molecule has 0 aliphatic carbocycles. The van der Waals surface area contributed by atoms with Gasteiger partial charge in [0.05, 0.1) is 12.5 Å². The standard InChI is InChI=1S/C15H13Br2ClO/c1-19-12-4-2-3-10(7-12)8-15(18)13-9-11(16)5-6-14(13)17/h2-7,9,15H,8H2,1H3. The Kier molecular flexibility index (Phi) is 5.31. The lowest BCUT2D eigenvalue weighted by molar-refractivity contribution is 0.414. The number of methoxy groups -OCH3 is 1. The van der Waals surface area contributed by atoms with E-state index in [4.69, 9.17) is 16.3 Å². The van der Waals surface area contributed by atoms with Crippen LogP contribution >= 0.6 is 43.5 Å². The van der Waals surface area contributed by atoms with Gasteiger partial charge in [0.2, 0.25) is 0 Å². The monoisotopic (exact) mass is 402 g/mol. The second-order valence-electron chi connectivity index (χ2n) is 4.19. The van der Waals surface area contributed by atoms with E-state index in [2.05, 4.69) is 37.9 Å². The first-order valence-electron chi connectivity index (χ1n) is 5.82. The fourth-order valence-electron chi connectivity index (χ4n) is 1.87. The Hall–Kier alpha value is -0.510. The molecule has 2 aromatic rings. The van der Waals surface area contributed by atoms with Crippen LogP contribution in [-0.4, -0.2) is 7.11 Å². The highest BCUT2D eigenvalue weighted by Gasteiger charge is 2.13. The zero-order valence-electron chi connectivity index (χ0n) is 10.4. The summed E-state index contributed by atoms with van der Waals surface area (Å²) in [5.74, 6) is 0.856. The molecule has 0 aliphatic rings. The second kappa shape index (κ2) is 6.78. The molecule has 100 valence electrons. The number of rotatable bonds is 4. The summed E-state index contributed by atoms with van der Waals surface area (Å²) in [6, 6.07) is 14.0. The van der Waals surface area contributed by atoms with E-state index in [9.17, 15) is 0 Å². The van der Waals surface area contributed by atoms with Gasteiger partial charge in [-0.1, -0.05) is 44.0 Å². The van der Waals surface area contributed by atoms with Crippen molar-refractivity contribution in [3.63, 3.8) is 0 Å². The molecule has 0 saturated heterocycles. The fourth-order valence-corrected chi connectivity index (χ4v) is 3.26. The van der Waals surface area contributed by atoms with Crippen molar-refractivity contribution in [2.45, 2.75) is 11.8 Å². The molecule has 0 fully saturated rings. The van der Waals surface area contributed by atoms with E-state index < -0.39 is 0 Å². The Balaban J connectivity index is 2.20. The quantitative estimate of drug-likeness (QED) is 0.590. The first kappa shape index (κ1) is 14.9. The Morgan fingerprint density at radius 1 is 1.16 bits per heavy atom. The number of hydrogen-bond acceptors (Lipinski definition) is 1. The van der Waals surface area contributed by atoms with Gasteiger partial charge in [0, 0.05) is 8.95 Å². The highest BCUT2D eigenvalue weighted by molar-refractivity contribution is 9.11. The van der Waals surface area contributed by atoms with Gasteiger partial charge in [-0.15, -0.1) is 11.6 Å². The fraction of sp³-hybridized carbons (Fsp3) is 0.200. The van der Waals surface area contributed by atoms with Crippen LogP contribution in [0, 0.1) is 0 Å². The summed E-state index contributed by atoms with van der Waals surface area (Å²) < 4.78 is 7.28. The van der Waals surface area contributed by atoms with Crippen LogP contribution in [0.5, 0.6) is 5.75 Å². The number of halogens is 3. The number of hydrogen-bond donors (Lipinski definition) is 0. The summed E-state index contributed by atoms with van der Waals surface area (Å²) in [5.41, 5.74) is 2.24. The lowest BCUT2D eigenvalue weighted by Crippen LogP contribution is -1.97. The predicted octanol–water partition coefficient (Wildman–Crippen LogP) is 5.74. The van der Waals surface area contributed by atoms with Crippen LogP contribution in [0.25, 0.3) is 0 Å². The molecule has 2 aromatic carbocycles. The Morgan fingerprint density at radius 2 is 1.95 bits per heavy atom. The molecule has 1 unspecified atom stereocenters. The summed E-state index contributed by atoms with van der Waals surface area (Å²) >= 11 is 13.5. The SMILES string of the molecule is COc1cccc(CC(Cl)c2cc(Br)ccc2Br)c1. The highest BCUT2D eigenvalue weighted by Crippen LogP contribution is 2.33. The average molecular weight is 405 g/mol. The molecule has 2 rings (SSSR count). The van der Waals surface area contributed by atoms with Crippen molar-refractivity contribution in [1.29, 1.82) is 0 Å². The van der Waals surface area contributed by atoms with Crippen LogP contribution in [0.2, 0.25) is 0 Å². The molecular weight excluding hydrogens is 391 g/mol. The first-order valence-corrected chi connectivity index (χ1v) is 7.84. The van der Waals surface area contributed by atoms with Crippen LogP contribution in [0.3, 0.4) is 0 Å². The average Bonchev–Trinajstić information content (AvgIpc) is 2.41. The van der Waals surface area contributed by atoms with Gasteiger partial charge in [-0.3, -0.25) is 0 Å². The van der Waals surface area contributed by atoms with Crippen LogP contribution in [0.4, 0.5) is 0 Å². The van der Waals surface area contributed by atoms with E-state index in [-0.39, 0.29) is 5.38 Å². The second-order valence-corrected chi connectivity index (χ2v) is 6.49. The molecule has 0 saturated carbocycles. The Morgan fingerprint density at radius 3 is 2.68 bits per heavy atom. The largest absolute Gasteiger partial charge is 0.497 e. The normalized spacial score (nSPS) is 12.2. The van der Waals surface area contributed by atoms with Gasteiger partial charge < -0.3 is 4.74 Å².